The van der Waals surface area contributed by atoms with Crippen LogP contribution in [0.1, 0.15) is 5.69 Å². The summed E-state index contributed by atoms with van der Waals surface area (Å²) in [5.74, 6) is 0. The molecule has 0 fully saturated rings. The van der Waals surface area contributed by atoms with E-state index in [1.54, 1.807) is 0 Å². The second kappa shape index (κ2) is 4.48. The molecule has 2 rings (SSSR count). The third kappa shape index (κ3) is 2.10. The number of benzene rings is 1. The van der Waals surface area contributed by atoms with Crippen LogP contribution >= 0.6 is 11.6 Å². The van der Waals surface area contributed by atoms with Gasteiger partial charge in [0, 0.05) is 6.07 Å². The lowest BCUT2D eigenvalue weighted by molar-refractivity contribution is -0.384. The number of rotatable bonds is 3. The highest BCUT2D eigenvalue weighted by atomic mass is 35.5. The van der Waals surface area contributed by atoms with Crippen LogP contribution in [-0.4, -0.2) is 25.0 Å². The van der Waals surface area contributed by atoms with E-state index in [9.17, 15) is 10.1 Å². The summed E-state index contributed by atoms with van der Waals surface area (Å²) in [6.07, 6.45) is 1.38. The Morgan fingerprint density at radius 2 is 2.29 bits per heavy atom. The molecule has 0 spiro atoms. The van der Waals surface area contributed by atoms with Crippen LogP contribution < -0.4 is 0 Å². The van der Waals surface area contributed by atoms with Crippen LogP contribution in [0, 0.1) is 10.1 Å². The molecule has 88 valence electrons. The average Bonchev–Trinajstić information content (AvgIpc) is 2.76. The van der Waals surface area contributed by atoms with Crippen LogP contribution in [0.25, 0.3) is 5.69 Å². The molecule has 2 aromatic rings. The van der Waals surface area contributed by atoms with E-state index in [1.165, 1.54) is 29.1 Å². The fraction of sp³-hybridized carbons (Fsp3) is 0.111. The maximum absolute atomic E-state index is 10.9. The topological polar surface area (TPSA) is 94.1 Å². The Kier molecular flexibility index (Phi) is 3.03. The molecule has 7 nitrogen and oxygen atoms in total. The molecule has 8 heteroatoms. The van der Waals surface area contributed by atoms with Crippen molar-refractivity contribution in [1.82, 2.24) is 15.0 Å². The number of nitrogens with zero attached hydrogens (tertiary/aromatic N) is 4. The molecular formula is C9H7ClN4O3. The molecule has 17 heavy (non-hydrogen) atoms. The van der Waals surface area contributed by atoms with Crippen LogP contribution in [0.5, 0.6) is 0 Å². The Balaban J connectivity index is 2.61. The second-order valence-corrected chi connectivity index (χ2v) is 3.58. The number of aromatic nitrogens is 3. The third-order valence-electron chi connectivity index (χ3n) is 2.09. The molecule has 0 aliphatic carbocycles. The Morgan fingerprint density at radius 1 is 1.53 bits per heavy atom. The van der Waals surface area contributed by atoms with Gasteiger partial charge in [-0.25, -0.2) is 4.68 Å². The van der Waals surface area contributed by atoms with Gasteiger partial charge in [0.25, 0.3) is 5.69 Å². The fourth-order valence-electron chi connectivity index (χ4n) is 1.36. The van der Waals surface area contributed by atoms with E-state index >= 15 is 0 Å². The summed E-state index contributed by atoms with van der Waals surface area (Å²) in [6, 6.07) is 4.32. The number of hydrogen-bond donors (Lipinski definition) is 1. The Bertz CT molecular complexity index is 569. The summed E-state index contributed by atoms with van der Waals surface area (Å²) in [6.45, 7) is -0.293. The summed E-state index contributed by atoms with van der Waals surface area (Å²) >= 11 is 5.90. The predicted octanol–water partition coefficient (Wildman–Crippen LogP) is 1.32. The van der Waals surface area contributed by atoms with E-state index in [1.807, 2.05) is 0 Å². The van der Waals surface area contributed by atoms with Gasteiger partial charge in [0.2, 0.25) is 0 Å². The monoisotopic (exact) mass is 254 g/mol. The second-order valence-electron chi connectivity index (χ2n) is 3.18. The minimum atomic E-state index is -0.554. The van der Waals surface area contributed by atoms with Crippen molar-refractivity contribution >= 4 is 17.3 Å². The molecule has 0 aliphatic heterocycles. The summed E-state index contributed by atoms with van der Waals surface area (Å²) in [5, 5.41) is 27.2. The van der Waals surface area contributed by atoms with Crippen molar-refractivity contribution in [2.45, 2.75) is 6.61 Å². The zero-order valence-electron chi connectivity index (χ0n) is 8.45. The van der Waals surface area contributed by atoms with Crippen molar-refractivity contribution in [1.29, 1.82) is 0 Å². The predicted molar refractivity (Wildman–Crippen MR) is 58.9 cm³/mol. The molecule has 0 radical (unpaired) electrons. The number of hydrogen-bond acceptors (Lipinski definition) is 5. The highest BCUT2D eigenvalue weighted by Crippen LogP contribution is 2.29. The van der Waals surface area contributed by atoms with Crippen molar-refractivity contribution in [2.75, 3.05) is 0 Å². The van der Waals surface area contributed by atoms with Gasteiger partial charge in [0.1, 0.15) is 5.69 Å². The fourth-order valence-corrected chi connectivity index (χ4v) is 1.61. The maximum atomic E-state index is 10.9. The smallest absolute Gasteiger partial charge is 0.296 e. The van der Waals surface area contributed by atoms with Gasteiger partial charge in [-0.15, -0.1) is 5.10 Å². The first kappa shape index (κ1) is 11.5. The standard InChI is InChI=1S/C9H7ClN4O3/c10-7-2-1-3-8(14(16)17)9(7)13-4-6(5-15)11-12-13/h1-4,15H,5H2. The quantitative estimate of drug-likeness (QED) is 0.658. The first-order chi connectivity index (χ1) is 8.13. The summed E-state index contributed by atoms with van der Waals surface area (Å²) in [5.41, 5.74) is 0.262. The normalized spacial score (nSPS) is 10.5. The molecule has 0 saturated carbocycles. The molecular weight excluding hydrogens is 248 g/mol. The van der Waals surface area contributed by atoms with Crippen LogP contribution in [0.2, 0.25) is 5.02 Å². The Morgan fingerprint density at radius 3 is 2.88 bits per heavy atom. The zero-order chi connectivity index (χ0) is 12.4. The number of halogens is 1. The molecule has 1 heterocycles. The first-order valence-corrected chi connectivity index (χ1v) is 4.96. The van der Waals surface area contributed by atoms with Crippen LogP contribution in [0.3, 0.4) is 0 Å². The average molecular weight is 255 g/mol. The van der Waals surface area contributed by atoms with E-state index < -0.39 is 4.92 Å². The van der Waals surface area contributed by atoms with E-state index in [-0.39, 0.29) is 23.0 Å². The van der Waals surface area contributed by atoms with Crippen molar-refractivity contribution < 1.29 is 10.0 Å². The minimum absolute atomic E-state index is 0.131. The largest absolute Gasteiger partial charge is 0.390 e. The highest BCUT2D eigenvalue weighted by Gasteiger charge is 2.19. The van der Waals surface area contributed by atoms with Gasteiger partial charge < -0.3 is 5.11 Å². The van der Waals surface area contributed by atoms with Gasteiger partial charge in [-0.2, -0.15) is 0 Å². The minimum Gasteiger partial charge on any atom is -0.390 e. The Labute approximate surface area is 100 Å². The van der Waals surface area contributed by atoms with E-state index in [4.69, 9.17) is 16.7 Å². The van der Waals surface area contributed by atoms with Crippen molar-refractivity contribution in [3.05, 3.63) is 45.2 Å². The van der Waals surface area contributed by atoms with Gasteiger partial charge in [-0.3, -0.25) is 10.1 Å². The molecule has 0 amide bonds. The first-order valence-electron chi connectivity index (χ1n) is 4.59. The number of aliphatic hydroxyl groups is 1. The number of para-hydroxylation sites is 1. The van der Waals surface area contributed by atoms with E-state index in [0.717, 1.165) is 0 Å². The molecule has 0 saturated heterocycles. The lowest BCUT2D eigenvalue weighted by Crippen LogP contribution is -2.01. The third-order valence-corrected chi connectivity index (χ3v) is 2.40. The maximum Gasteiger partial charge on any atom is 0.296 e. The van der Waals surface area contributed by atoms with Crippen molar-refractivity contribution in [2.24, 2.45) is 0 Å². The van der Waals surface area contributed by atoms with Gasteiger partial charge >= 0.3 is 0 Å². The molecule has 0 atom stereocenters. The van der Waals surface area contributed by atoms with E-state index in [0.29, 0.717) is 5.69 Å². The van der Waals surface area contributed by atoms with Crippen molar-refractivity contribution in [3.63, 3.8) is 0 Å². The van der Waals surface area contributed by atoms with Gasteiger partial charge in [0.15, 0.2) is 5.69 Å². The van der Waals surface area contributed by atoms with Crippen LogP contribution in [0.4, 0.5) is 5.69 Å². The zero-order valence-corrected chi connectivity index (χ0v) is 9.20. The highest BCUT2D eigenvalue weighted by molar-refractivity contribution is 6.32. The van der Waals surface area contributed by atoms with E-state index in [2.05, 4.69) is 10.3 Å². The van der Waals surface area contributed by atoms with Gasteiger partial charge in [0.05, 0.1) is 22.7 Å². The number of nitro groups is 1. The van der Waals surface area contributed by atoms with Gasteiger partial charge in [-0.05, 0) is 6.07 Å². The Hall–Kier alpha value is -1.99. The molecule has 1 aromatic heterocycles. The van der Waals surface area contributed by atoms with Crippen molar-refractivity contribution in [3.8, 4) is 5.69 Å². The molecule has 1 aromatic carbocycles. The molecule has 0 aliphatic rings. The molecule has 1 N–H and O–H groups in total. The van der Waals surface area contributed by atoms with Crippen LogP contribution in [0.15, 0.2) is 24.4 Å². The summed E-state index contributed by atoms with van der Waals surface area (Å²) in [7, 11) is 0. The lowest BCUT2D eigenvalue weighted by Gasteiger charge is -2.03. The summed E-state index contributed by atoms with van der Waals surface area (Å²) < 4.78 is 1.17. The number of aliphatic hydroxyl groups excluding tert-OH is 1. The summed E-state index contributed by atoms with van der Waals surface area (Å²) in [4.78, 5) is 10.3. The number of nitro benzene ring substituents is 1. The van der Waals surface area contributed by atoms with Gasteiger partial charge in [-0.1, -0.05) is 22.9 Å². The van der Waals surface area contributed by atoms with Crippen LogP contribution in [-0.2, 0) is 6.61 Å². The molecule has 0 bridgehead atoms. The lowest BCUT2D eigenvalue weighted by atomic mass is 10.2. The molecule has 0 unspecified atom stereocenters. The SMILES string of the molecule is O=[N+]([O-])c1cccc(Cl)c1-n1cc(CO)nn1.